The second-order valence-electron chi connectivity index (χ2n) is 4.55. The lowest BCUT2D eigenvalue weighted by molar-refractivity contribution is -0.129. The highest BCUT2D eigenvalue weighted by atomic mass is 35.5. The number of sulfonamides is 1. The van der Waals surface area contributed by atoms with Gasteiger partial charge in [-0.3, -0.25) is 4.79 Å². The molecule has 20 heavy (non-hydrogen) atoms. The third kappa shape index (κ3) is 3.91. The van der Waals surface area contributed by atoms with Gasteiger partial charge < -0.3 is 4.90 Å². The Labute approximate surface area is 123 Å². The normalized spacial score (nSPS) is 15.6. The Kier molecular flexibility index (Phi) is 4.95. The number of carbonyl (C=O) groups is 1. The van der Waals surface area contributed by atoms with E-state index in [1.54, 1.807) is 4.90 Å². The van der Waals surface area contributed by atoms with E-state index in [2.05, 4.69) is 9.71 Å². The van der Waals surface area contributed by atoms with Crippen LogP contribution < -0.4 is 4.72 Å². The van der Waals surface area contributed by atoms with Gasteiger partial charge in [0.1, 0.15) is 5.15 Å². The summed E-state index contributed by atoms with van der Waals surface area (Å²) in [5.41, 5.74) is 0. The number of pyridine rings is 1. The van der Waals surface area contributed by atoms with Gasteiger partial charge in [-0.15, -0.1) is 0 Å². The van der Waals surface area contributed by atoms with Crippen LogP contribution in [0.2, 0.25) is 5.15 Å². The highest BCUT2D eigenvalue weighted by Crippen LogP contribution is 2.13. The Morgan fingerprint density at radius 2 is 2.10 bits per heavy atom. The van der Waals surface area contributed by atoms with Crippen molar-refractivity contribution in [2.24, 2.45) is 0 Å². The third-order valence-corrected chi connectivity index (χ3v) is 4.76. The molecule has 0 spiro atoms. The Balaban J connectivity index is 1.88. The number of amides is 1. The number of halogens is 1. The molecular weight excluding hydrogens is 302 g/mol. The molecule has 6 nitrogen and oxygen atoms in total. The van der Waals surface area contributed by atoms with Gasteiger partial charge in [-0.05, 0) is 25.0 Å². The lowest BCUT2D eigenvalue weighted by Gasteiger charge is -2.15. The second kappa shape index (κ2) is 6.51. The van der Waals surface area contributed by atoms with Crippen molar-refractivity contribution in [3.8, 4) is 0 Å². The van der Waals surface area contributed by atoms with Crippen molar-refractivity contribution in [1.82, 2.24) is 14.6 Å². The van der Waals surface area contributed by atoms with E-state index in [0.717, 1.165) is 25.9 Å². The van der Waals surface area contributed by atoms with Crippen molar-refractivity contribution in [3.63, 3.8) is 0 Å². The Hall–Kier alpha value is -1.18. The molecule has 1 aromatic rings. The molecule has 0 unspecified atom stereocenters. The zero-order valence-corrected chi connectivity index (χ0v) is 12.5. The van der Waals surface area contributed by atoms with Crippen molar-refractivity contribution in [1.29, 1.82) is 0 Å². The number of carbonyl (C=O) groups excluding carboxylic acids is 1. The summed E-state index contributed by atoms with van der Waals surface area (Å²) in [6.07, 6.45) is 3.53. The molecular formula is C12H16ClN3O3S. The van der Waals surface area contributed by atoms with Gasteiger partial charge in [0.15, 0.2) is 0 Å². The minimum Gasteiger partial charge on any atom is -0.343 e. The first-order valence-electron chi connectivity index (χ1n) is 6.38. The summed E-state index contributed by atoms with van der Waals surface area (Å²) in [5.74, 6) is -0.0158. The van der Waals surface area contributed by atoms with E-state index in [4.69, 9.17) is 11.6 Å². The second-order valence-corrected chi connectivity index (χ2v) is 6.70. The molecule has 1 aliphatic rings. The highest BCUT2D eigenvalue weighted by Gasteiger charge is 2.19. The van der Waals surface area contributed by atoms with Crippen LogP contribution in [0.15, 0.2) is 23.2 Å². The molecule has 2 heterocycles. The fourth-order valence-electron chi connectivity index (χ4n) is 2.05. The molecule has 0 saturated carbocycles. The topological polar surface area (TPSA) is 79.4 Å². The predicted octanol–water partition coefficient (Wildman–Crippen LogP) is 1.03. The molecule has 0 aromatic carbocycles. The Morgan fingerprint density at radius 3 is 2.75 bits per heavy atom. The van der Waals surface area contributed by atoms with Gasteiger partial charge in [0.2, 0.25) is 15.9 Å². The SMILES string of the molecule is O=C(CCNS(=O)(=O)c1ccnc(Cl)c1)N1CCCC1. The Bertz CT molecular complexity index is 585. The molecule has 0 atom stereocenters. The fraction of sp³-hybridized carbons (Fsp3) is 0.500. The molecule has 1 aliphatic heterocycles. The number of rotatable bonds is 5. The first-order chi connectivity index (χ1) is 9.49. The molecule has 1 amide bonds. The van der Waals surface area contributed by atoms with E-state index >= 15 is 0 Å². The van der Waals surface area contributed by atoms with E-state index in [1.807, 2.05) is 0 Å². The molecule has 0 bridgehead atoms. The average Bonchev–Trinajstić information content (AvgIpc) is 2.92. The van der Waals surface area contributed by atoms with Gasteiger partial charge in [-0.25, -0.2) is 18.1 Å². The maximum atomic E-state index is 12.0. The molecule has 1 saturated heterocycles. The molecule has 8 heteroatoms. The van der Waals surface area contributed by atoms with Gasteiger partial charge in [-0.2, -0.15) is 0 Å². The monoisotopic (exact) mass is 317 g/mol. The van der Waals surface area contributed by atoms with E-state index in [-0.39, 0.29) is 28.9 Å². The maximum absolute atomic E-state index is 12.0. The summed E-state index contributed by atoms with van der Waals surface area (Å²) < 4.78 is 26.3. The smallest absolute Gasteiger partial charge is 0.240 e. The number of hydrogen-bond donors (Lipinski definition) is 1. The van der Waals surface area contributed by atoms with Gasteiger partial charge in [-0.1, -0.05) is 11.6 Å². The fourth-order valence-corrected chi connectivity index (χ4v) is 3.33. The van der Waals surface area contributed by atoms with Gasteiger partial charge in [0, 0.05) is 32.3 Å². The maximum Gasteiger partial charge on any atom is 0.240 e. The lowest BCUT2D eigenvalue weighted by Crippen LogP contribution is -2.32. The first kappa shape index (κ1) is 15.2. The molecule has 1 fully saturated rings. The predicted molar refractivity (Wildman–Crippen MR) is 74.9 cm³/mol. The quantitative estimate of drug-likeness (QED) is 0.823. The van der Waals surface area contributed by atoms with Gasteiger partial charge >= 0.3 is 0 Å². The van der Waals surface area contributed by atoms with E-state index in [1.165, 1.54) is 18.3 Å². The van der Waals surface area contributed by atoms with Crippen LogP contribution in [0.25, 0.3) is 0 Å². The summed E-state index contributed by atoms with van der Waals surface area (Å²) in [6.45, 7) is 1.62. The van der Waals surface area contributed by atoms with E-state index in [0.29, 0.717) is 0 Å². The summed E-state index contributed by atoms with van der Waals surface area (Å²) in [4.78, 5) is 17.3. The molecule has 110 valence electrons. The van der Waals surface area contributed by atoms with Crippen molar-refractivity contribution in [2.75, 3.05) is 19.6 Å². The number of hydrogen-bond acceptors (Lipinski definition) is 4. The lowest BCUT2D eigenvalue weighted by atomic mass is 10.4. The van der Waals surface area contributed by atoms with Gasteiger partial charge in [0.25, 0.3) is 0 Å². The number of aromatic nitrogens is 1. The van der Waals surface area contributed by atoms with Crippen LogP contribution in [-0.2, 0) is 14.8 Å². The van der Waals surface area contributed by atoms with Crippen molar-refractivity contribution in [3.05, 3.63) is 23.5 Å². The van der Waals surface area contributed by atoms with Crippen LogP contribution in [0.3, 0.4) is 0 Å². The number of nitrogens with zero attached hydrogens (tertiary/aromatic N) is 2. The third-order valence-electron chi connectivity index (χ3n) is 3.10. The standard InChI is InChI=1S/C12H16ClN3O3S/c13-11-9-10(3-5-14-11)20(18,19)15-6-4-12(17)16-7-1-2-8-16/h3,5,9,15H,1-2,4,6-8H2. The minimum absolute atomic E-state index is 0.0158. The van der Waals surface area contributed by atoms with Crippen LogP contribution in [0, 0.1) is 0 Å². The van der Waals surface area contributed by atoms with Crippen LogP contribution in [0.4, 0.5) is 0 Å². The van der Waals surface area contributed by atoms with Crippen molar-refractivity contribution in [2.45, 2.75) is 24.2 Å². The van der Waals surface area contributed by atoms with Crippen LogP contribution in [-0.4, -0.2) is 43.8 Å². The van der Waals surface area contributed by atoms with E-state index in [9.17, 15) is 13.2 Å². The Morgan fingerprint density at radius 1 is 1.40 bits per heavy atom. The van der Waals surface area contributed by atoms with Crippen LogP contribution in [0.1, 0.15) is 19.3 Å². The summed E-state index contributed by atoms with van der Waals surface area (Å²) in [6, 6.07) is 2.63. The van der Waals surface area contributed by atoms with Gasteiger partial charge in [0.05, 0.1) is 4.90 Å². The summed E-state index contributed by atoms with van der Waals surface area (Å²) in [5, 5.41) is 0.112. The molecule has 1 N–H and O–H groups in total. The molecule has 1 aromatic heterocycles. The van der Waals surface area contributed by atoms with Crippen LogP contribution in [0.5, 0.6) is 0 Å². The molecule has 0 aliphatic carbocycles. The molecule has 0 radical (unpaired) electrons. The summed E-state index contributed by atoms with van der Waals surface area (Å²) >= 11 is 5.66. The first-order valence-corrected chi connectivity index (χ1v) is 8.24. The van der Waals surface area contributed by atoms with E-state index < -0.39 is 10.0 Å². The number of nitrogens with one attached hydrogen (secondary N) is 1. The average molecular weight is 318 g/mol. The zero-order valence-electron chi connectivity index (χ0n) is 10.9. The molecule has 2 rings (SSSR count). The number of likely N-dealkylation sites (tertiary alicyclic amines) is 1. The van der Waals surface area contributed by atoms with Crippen molar-refractivity contribution >= 4 is 27.5 Å². The van der Waals surface area contributed by atoms with Crippen molar-refractivity contribution < 1.29 is 13.2 Å². The zero-order chi connectivity index (χ0) is 14.6. The summed E-state index contributed by atoms with van der Waals surface area (Å²) in [7, 11) is -3.65. The highest BCUT2D eigenvalue weighted by molar-refractivity contribution is 7.89. The van der Waals surface area contributed by atoms with Crippen LogP contribution >= 0.6 is 11.6 Å². The minimum atomic E-state index is -3.65. The largest absolute Gasteiger partial charge is 0.343 e.